The molecule has 30 heavy (non-hydrogen) atoms. The van der Waals surface area contributed by atoms with Crippen molar-refractivity contribution in [1.29, 1.82) is 0 Å². The van der Waals surface area contributed by atoms with E-state index in [4.69, 9.17) is 10.8 Å². The fraction of sp³-hybridized carbons (Fsp3) is 0.0500. The quantitative estimate of drug-likeness (QED) is 0.521. The number of nitrogens with two attached hydrogens (primary N) is 1. The van der Waals surface area contributed by atoms with Crippen LogP contribution in [0.25, 0.3) is 17.1 Å². The lowest BCUT2D eigenvalue weighted by molar-refractivity contribution is 0.0696. The van der Waals surface area contributed by atoms with Crippen molar-refractivity contribution in [3.05, 3.63) is 83.1 Å². The zero-order chi connectivity index (χ0) is 21.3. The highest BCUT2D eigenvalue weighted by molar-refractivity contribution is 5.87. The predicted molar refractivity (Wildman–Crippen MR) is 103 cm³/mol. The maximum absolute atomic E-state index is 14.2. The minimum Gasteiger partial charge on any atom is -0.478 e. The third kappa shape index (κ3) is 3.58. The largest absolute Gasteiger partial charge is 0.478 e. The molecule has 0 aliphatic rings. The summed E-state index contributed by atoms with van der Waals surface area (Å²) in [4.78, 5) is 15.3. The van der Waals surface area contributed by atoms with Crippen molar-refractivity contribution in [2.24, 2.45) is 0 Å². The SMILES string of the molecule is Nc1ncc(Cc2cccc(C(=O)O)c2)cc1-c1nnnn1-c1cccc(F)c1F. The molecule has 2 aromatic heterocycles. The van der Waals surface area contributed by atoms with Crippen LogP contribution in [0.4, 0.5) is 14.6 Å². The van der Waals surface area contributed by atoms with Crippen molar-refractivity contribution in [2.45, 2.75) is 6.42 Å². The number of hydrogen-bond acceptors (Lipinski definition) is 6. The second-order valence-corrected chi connectivity index (χ2v) is 6.45. The molecule has 0 amide bonds. The van der Waals surface area contributed by atoms with E-state index in [1.807, 2.05) is 0 Å². The average Bonchev–Trinajstić information content (AvgIpc) is 3.21. The first kappa shape index (κ1) is 19.1. The highest BCUT2D eigenvalue weighted by Gasteiger charge is 2.19. The normalized spacial score (nSPS) is 10.9. The van der Waals surface area contributed by atoms with Gasteiger partial charge in [0.25, 0.3) is 0 Å². The van der Waals surface area contributed by atoms with E-state index in [1.54, 1.807) is 30.5 Å². The number of carboxylic acids is 1. The minimum absolute atomic E-state index is 0.0886. The third-order valence-electron chi connectivity index (χ3n) is 4.43. The van der Waals surface area contributed by atoms with Gasteiger partial charge in [-0.2, -0.15) is 4.68 Å². The van der Waals surface area contributed by atoms with E-state index >= 15 is 0 Å². The summed E-state index contributed by atoms with van der Waals surface area (Å²) < 4.78 is 28.9. The van der Waals surface area contributed by atoms with Crippen LogP contribution >= 0.6 is 0 Å². The Morgan fingerprint density at radius 1 is 1.10 bits per heavy atom. The van der Waals surface area contributed by atoms with E-state index in [2.05, 4.69) is 20.5 Å². The second-order valence-electron chi connectivity index (χ2n) is 6.45. The molecule has 2 heterocycles. The number of pyridine rings is 1. The molecule has 0 saturated heterocycles. The number of carbonyl (C=O) groups is 1. The Balaban J connectivity index is 1.74. The van der Waals surface area contributed by atoms with Crippen molar-refractivity contribution in [1.82, 2.24) is 25.2 Å². The van der Waals surface area contributed by atoms with Gasteiger partial charge in [-0.15, -0.1) is 5.10 Å². The van der Waals surface area contributed by atoms with Crippen LogP contribution in [0.1, 0.15) is 21.5 Å². The summed E-state index contributed by atoms with van der Waals surface area (Å²) in [5, 5.41) is 20.4. The van der Waals surface area contributed by atoms with Crippen molar-refractivity contribution in [3.63, 3.8) is 0 Å². The fourth-order valence-electron chi connectivity index (χ4n) is 3.02. The second kappa shape index (κ2) is 7.66. The standard InChI is InChI=1S/C20H14F2N6O2/c21-15-5-2-6-16(17(15)22)28-19(25-26-27-28)14-9-12(10-24-18(14)23)7-11-3-1-4-13(8-11)20(29)30/h1-6,8-10H,7H2,(H2,23,24)(H,29,30). The van der Waals surface area contributed by atoms with Gasteiger partial charge in [0.1, 0.15) is 11.5 Å². The first-order valence-electron chi connectivity index (χ1n) is 8.74. The van der Waals surface area contributed by atoms with Gasteiger partial charge in [0.2, 0.25) is 0 Å². The van der Waals surface area contributed by atoms with Gasteiger partial charge in [0, 0.05) is 6.20 Å². The molecular weight excluding hydrogens is 394 g/mol. The fourth-order valence-corrected chi connectivity index (χ4v) is 3.02. The van der Waals surface area contributed by atoms with Gasteiger partial charge in [-0.05, 0) is 58.3 Å². The number of halogens is 2. The molecule has 0 aliphatic heterocycles. The summed E-state index contributed by atoms with van der Waals surface area (Å²) in [6, 6.07) is 11.8. The first-order valence-corrected chi connectivity index (χ1v) is 8.74. The lowest BCUT2D eigenvalue weighted by Gasteiger charge is -2.10. The zero-order valence-corrected chi connectivity index (χ0v) is 15.3. The van der Waals surface area contributed by atoms with Crippen LogP contribution in [0.2, 0.25) is 0 Å². The van der Waals surface area contributed by atoms with Gasteiger partial charge in [0.15, 0.2) is 17.5 Å². The van der Waals surface area contributed by atoms with Crippen molar-refractivity contribution in [3.8, 4) is 17.1 Å². The van der Waals surface area contributed by atoms with Crippen LogP contribution < -0.4 is 5.73 Å². The number of rotatable bonds is 5. The number of hydrogen-bond donors (Lipinski definition) is 2. The maximum atomic E-state index is 14.2. The van der Waals surface area contributed by atoms with Crippen molar-refractivity contribution in [2.75, 3.05) is 5.73 Å². The molecule has 2 aromatic carbocycles. The van der Waals surface area contributed by atoms with Gasteiger partial charge >= 0.3 is 5.97 Å². The van der Waals surface area contributed by atoms with E-state index in [-0.39, 0.29) is 22.9 Å². The third-order valence-corrected chi connectivity index (χ3v) is 4.43. The van der Waals surface area contributed by atoms with Crippen LogP contribution in [0.5, 0.6) is 0 Å². The van der Waals surface area contributed by atoms with Gasteiger partial charge in [-0.25, -0.2) is 18.6 Å². The molecule has 4 aromatic rings. The van der Waals surface area contributed by atoms with Gasteiger partial charge in [0.05, 0.1) is 11.1 Å². The van der Waals surface area contributed by atoms with Gasteiger partial charge in [-0.3, -0.25) is 0 Å². The Hall–Kier alpha value is -4.21. The summed E-state index contributed by atoms with van der Waals surface area (Å²) in [5.41, 5.74) is 7.77. The molecule has 0 fully saturated rings. The van der Waals surface area contributed by atoms with E-state index in [9.17, 15) is 13.6 Å². The Labute approximate surface area is 168 Å². The van der Waals surface area contributed by atoms with Gasteiger partial charge in [-0.1, -0.05) is 18.2 Å². The number of benzene rings is 2. The highest BCUT2D eigenvalue weighted by atomic mass is 19.2. The number of anilines is 1. The first-order chi connectivity index (χ1) is 14.4. The summed E-state index contributed by atoms with van der Waals surface area (Å²) in [6.07, 6.45) is 1.92. The Kier molecular flexibility index (Phi) is 4.88. The Morgan fingerprint density at radius 3 is 2.70 bits per heavy atom. The molecule has 8 nitrogen and oxygen atoms in total. The van der Waals surface area contributed by atoms with Crippen LogP contribution in [-0.2, 0) is 6.42 Å². The number of nitrogen functional groups attached to an aromatic ring is 1. The summed E-state index contributed by atoms with van der Waals surface area (Å²) >= 11 is 0. The zero-order valence-electron chi connectivity index (χ0n) is 15.3. The summed E-state index contributed by atoms with van der Waals surface area (Å²) in [5.74, 6) is -2.97. The number of carboxylic acid groups (broad SMARTS) is 1. The molecule has 0 radical (unpaired) electrons. The lowest BCUT2D eigenvalue weighted by atomic mass is 10.0. The molecule has 0 aliphatic carbocycles. The minimum atomic E-state index is -1.10. The monoisotopic (exact) mass is 408 g/mol. The summed E-state index contributed by atoms with van der Waals surface area (Å²) in [7, 11) is 0. The van der Waals surface area contributed by atoms with Crippen LogP contribution in [0.15, 0.2) is 54.7 Å². The maximum Gasteiger partial charge on any atom is 0.335 e. The van der Waals surface area contributed by atoms with E-state index < -0.39 is 17.6 Å². The Morgan fingerprint density at radius 2 is 1.90 bits per heavy atom. The van der Waals surface area contributed by atoms with Gasteiger partial charge < -0.3 is 10.8 Å². The topological polar surface area (TPSA) is 120 Å². The van der Waals surface area contributed by atoms with E-state index in [0.29, 0.717) is 17.5 Å². The van der Waals surface area contributed by atoms with Crippen molar-refractivity contribution < 1.29 is 18.7 Å². The predicted octanol–water partition coefficient (Wildman–Crippen LogP) is 2.87. The highest BCUT2D eigenvalue weighted by Crippen LogP contribution is 2.27. The van der Waals surface area contributed by atoms with Crippen LogP contribution in [0.3, 0.4) is 0 Å². The molecule has 0 atom stereocenters. The van der Waals surface area contributed by atoms with E-state index in [1.165, 1.54) is 18.2 Å². The molecule has 0 spiro atoms. The van der Waals surface area contributed by atoms with E-state index in [0.717, 1.165) is 16.3 Å². The number of aromatic nitrogens is 5. The number of tetrazole rings is 1. The molecule has 0 saturated carbocycles. The smallest absolute Gasteiger partial charge is 0.335 e. The summed E-state index contributed by atoms with van der Waals surface area (Å²) in [6.45, 7) is 0. The lowest BCUT2D eigenvalue weighted by Crippen LogP contribution is -2.06. The van der Waals surface area contributed by atoms with Crippen LogP contribution in [0, 0.1) is 11.6 Å². The van der Waals surface area contributed by atoms with Crippen LogP contribution in [-0.4, -0.2) is 36.3 Å². The number of aromatic carboxylic acids is 1. The molecule has 0 bridgehead atoms. The Bertz CT molecular complexity index is 1260. The molecule has 3 N–H and O–H groups in total. The molecule has 10 heteroatoms. The molecular formula is C20H14F2N6O2. The molecule has 150 valence electrons. The molecule has 4 rings (SSSR count). The number of nitrogens with zero attached hydrogens (tertiary/aromatic N) is 5. The molecule has 0 unspecified atom stereocenters. The average molecular weight is 408 g/mol. The van der Waals surface area contributed by atoms with Crippen molar-refractivity contribution >= 4 is 11.8 Å².